The minimum atomic E-state index is -0.866. The Morgan fingerprint density at radius 1 is 1.36 bits per heavy atom. The SMILES string of the molecule is O=C(Cc1cccc(Cl)c1)NCC(C(=O)O)C1CCOCC1. The van der Waals surface area contributed by atoms with E-state index in [0.29, 0.717) is 18.2 Å². The molecule has 120 valence electrons. The van der Waals surface area contributed by atoms with E-state index in [2.05, 4.69) is 5.32 Å². The number of carbonyl (C=O) groups excluding carboxylic acids is 1. The molecule has 0 radical (unpaired) electrons. The lowest BCUT2D eigenvalue weighted by Gasteiger charge is -2.27. The van der Waals surface area contributed by atoms with Crippen LogP contribution in [0.1, 0.15) is 18.4 Å². The molecule has 1 aliphatic heterocycles. The molecule has 1 aliphatic rings. The lowest BCUT2D eigenvalue weighted by atomic mass is 9.86. The van der Waals surface area contributed by atoms with Gasteiger partial charge in [-0.15, -0.1) is 0 Å². The van der Waals surface area contributed by atoms with E-state index in [9.17, 15) is 14.7 Å². The third-order valence-corrected chi connectivity index (χ3v) is 4.16. The Morgan fingerprint density at radius 3 is 2.73 bits per heavy atom. The van der Waals surface area contributed by atoms with Crippen LogP contribution in [-0.4, -0.2) is 36.7 Å². The fourth-order valence-corrected chi connectivity index (χ4v) is 2.91. The van der Waals surface area contributed by atoms with Gasteiger partial charge in [-0.1, -0.05) is 23.7 Å². The molecule has 0 aromatic heterocycles. The summed E-state index contributed by atoms with van der Waals surface area (Å²) in [4.78, 5) is 23.4. The van der Waals surface area contributed by atoms with Gasteiger partial charge in [0.2, 0.25) is 5.91 Å². The molecule has 1 fully saturated rings. The third kappa shape index (κ3) is 5.00. The molecule has 1 aromatic carbocycles. The monoisotopic (exact) mass is 325 g/mol. The van der Waals surface area contributed by atoms with Crippen molar-refractivity contribution >= 4 is 23.5 Å². The Labute approximate surface area is 134 Å². The normalized spacial score (nSPS) is 17.0. The molecular formula is C16H20ClNO4. The maximum Gasteiger partial charge on any atom is 0.308 e. The van der Waals surface area contributed by atoms with Crippen molar-refractivity contribution < 1.29 is 19.4 Å². The Kier molecular flexibility index (Phi) is 6.21. The van der Waals surface area contributed by atoms with Gasteiger partial charge in [0.1, 0.15) is 0 Å². The molecule has 1 heterocycles. The first-order valence-corrected chi connectivity index (χ1v) is 7.75. The average molecular weight is 326 g/mol. The smallest absolute Gasteiger partial charge is 0.308 e. The number of ether oxygens (including phenoxy) is 1. The Hall–Kier alpha value is -1.59. The number of hydrogen-bond acceptors (Lipinski definition) is 3. The first kappa shape index (κ1) is 16.8. The highest BCUT2D eigenvalue weighted by Crippen LogP contribution is 2.23. The van der Waals surface area contributed by atoms with Gasteiger partial charge in [0.25, 0.3) is 0 Å². The van der Waals surface area contributed by atoms with Crippen LogP contribution in [0.4, 0.5) is 0 Å². The summed E-state index contributed by atoms with van der Waals surface area (Å²) in [5, 5.41) is 12.7. The number of benzene rings is 1. The molecule has 0 aliphatic carbocycles. The molecule has 1 amide bonds. The molecule has 1 aromatic rings. The fraction of sp³-hybridized carbons (Fsp3) is 0.500. The number of halogens is 1. The maximum atomic E-state index is 12.0. The summed E-state index contributed by atoms with van der Waals surface area (Å²) in [5.41, 5.74) is 0.808. The number of carboxylic acids is 1. The molecule has 1 atom stereocenters. The van der Waals surface area contributed by atoms with Crippen molar-refractivity contribution in [2.75, 3.05) is 19.8 Å². The molecule has 0 bridgehead atoms. The average Bonchev–Trinajstić information content (AvgIpc) is 2.48. The van der Waals surface area contributed by atoms with Crippen molar-refractivity contribution in [1.82, 2.24) is 5.32 Å². The van der Waals surface area contributed by atoms with E-state index < -0.39 is 11.9 Å². The lowest BCUT2D eigenvalue weighted by Crippen LogP contribution is -2.39. The topological polar surface area (TPSA) is 75.6 Å². The van der Waals surface area contributed by atoms with Crippen molar-refractivity contribution in [2.45, 2.75) is 19.3 Å². The molecule has 5 nitrogen and oxygen atoms in total. The summed E-state index contributed by atoms with van der Waals surface area (Å²) in [7, 11) is 0. The van der Waals surface area contributed by atoms with Gasteiger partial charge >= 0.3 is 5.97 Å². The second kappa shape index (κ2) is 8.15. The molecule has 22 heavy (non-hydrogen) atoms. The highest BCUT2D eigenvalue weighted by molar-refractivity contribution is 6.30. The predicted molar refractivity (Wildman–Crippen MR) is 82.8 cm³/mol. The quantitative estimate of drug-likeness (QED) is 0.840. The predicted octanol–water partition coefficient (Wildman–Crippen LogP) is 2.13. The number of carboxylic acid groups (broad SMARTS) is 1. The van der Waals surface area contributed by atoms with Crippen LogP contribution in [0.2, 0.25) is 5.02 Å². The highest BCUT2D eigenvalue weighted by Gasteiger charge is 2.29. The zero-order valence-electron chi connectivity index (χ0n) is 12.3. The van der Waals surface area contributed by atoms with Crippen LogP contribution in [0.5, 0.6) is 0 Å². The molecule has 1 unspecified atom stereocenters. The highest BCUT2D eigenvalue weighted by atomic mass is 35.5. The van der Waals surface area contributed by atoms with Gasteiger partial charge in [0.05, 0.1) is 12.3 Å². The summed E-state index contributed by atoms with van der Waals surface area (Å²) in [5.74, 6) is -1.57. The van der Waals surface area contributed by atoms with Crippen LogP contribution < -0.4 is 5.32 Å². The number of rotatable bonds is 6. The lowest BCUT2D eigenvalue weighted by molar-refractivity contribution is -0.144. The fourth-order valence-electron chi connectivity index (χ4n) is 2.69. The van der Waals surface area contributed by atoms with Gasteiger partial charge in [0.15, 0.2) is 0 Å². The van der Waals surface area contributed by atoms with Crippen LogP contribution in [0.15, 0.2) is 24.3 Å². The summed E-state index contributed by atoms with van der Waals surface area (Å²) >= 11 is 5.88. The van der Waals surface area contributed by atoms with E-state index in [1.54, 1.807) is 18.2 Å². The second-order valence-electron chi connectivity index (χ2n) is 5.51. The van der Waals surface area contributed by atoms with E-state index >= 15 is 0 Å². The standard InChI is InChI=1S/C16H20ClNO4/c17-13-3-1-2-11(8-13)9-15(19)18-10-14(16(20)21)12-4-6-22-7-5-12/h1-3,8,12,14H,4-7,9-10H2,(H,18,19)(H,20,21). The molecule has 1 saturated heterocycles. The number of aliphatic carboxylic acids is 1. The molecule has 0 saturated carbocycles. The van der Waals surface area contributed by atoms with Crippen molar-refractivity contribution in [3.8, 4) is 0 Å². The Bertz CT molecular complexity index is 529. The molecule has 6 heteroatoms. The summed E-state index contributed by atoms with van der Waals surface area (Å²) < 4.78 is 5.25. The Balaban J connectivity index is 1.86. The summed E-state index contributed by atoms with van der Waals surface area (Å²) in [6.07, 6.45) is 1.64. The molecule has 2 N–H and O–H groups in total. The number of hydrogen-bond donors (Lipinski definition) is 2. The van der Waals surface area contributed by atoms with Gasteiger partial charge in [-0.2, -0.15) is 0 Å². The van der Waals surface area contributed by atoms with Crippen LogP contribution in [0.25, 0.3) is 0 Å². The largest absolute Gasteiger partial charge is 0.481 e. The maximum absolute atomic E-state index is 12.0. The third-order valence-electron chi connectivity index (χ3n) is 3.93. The van der Waals surface area contributed by atoms with E-state index in [1.165, 1.54) is 0 Å². The van der Waals surface area contributed by atoms with Gasteiger partial charge in [-0.05, 0) is 36.5 Å². The van der Waals surface area contributed by atoms with Gasteiger partial charge in [-0.25, -0.2) is 0 Å². The van der Waals surface area contributed by atoms with Crippen LogP contribution in [-0.2, 0) is 20.7 Å². The minimum absolute atomic E-state index is 0.0534. The van der Waals surface area contributed by atoms with Crippen molar-refractivity contribution in [2.24, 2.45) is 11.8 Å². The number of amides is 1. The van der Waals surface area contributed by atoms with Gasteiger partial charge < -0.3 is 15.2 Å². The van der Waals surface area contributed by atoms with E-state index in [-0.39, 0.29) is 24.8 Å². The molecular weight excluding hydrogens is 306 g/mol. The van der Waals surface area contributed by atoms with Crippen LogP contribution in [0.3, 0.4) is 0 Å². The first-order chi connectivity index (χ1) is 10.6. The summed E-state index contributed by atoms with van der Waals surface area (Å²) in [6, 6.07) is 7.08. The summed E-state index contributed by atoms with van der Waals surface area (Å²) in [6.45, 7) is 1.33. The van der Waals surface area contributed by atoms with Gasteiger partial charge in [-0.3, -0.25) is 9.59 Å². The van der Waals surface area contributed by atoms with E-state index in [1.807, 2.05) is 6.07 Å². The van der Waals surface area contributed by atoms with Crippen molar-refractivity contribution in [3.05, 3.63) is 34.9 Å². The number of carbonyl (C=O) groups is 2. The Morgan fingerprint density at radius 2 is 2.09 bits per heavy atom. The zero-order valence-corrected chi connectivity index (χ0v) is 13.0. The van der Waals surface area contributed by atoms with Gasteiger partial charge in [0, 0.05) is 24.8 Å². The minimum Gasteiger partial charge on any atom is -0.481 e. The molecule has 2 rings (SSSR count). The second-order valence-corrected chi connectivity index (χ2v) is 5.94. The first-order valence-electron chi connectivity index (χ1n) is 7.38. The van der Waals surface area contributed by atoms with Crippen molar-refractivity contribution in [3.63, 3.8) is 0 Å². The van der Waals surface area contributed by atoms with E-state index in [0.717, 1.165) is 18.4 Å². The van der Waals surface area contributed by atoms with Crippen molar-refractivity contribution in [1.29, 1.82) is 0 Å². The molecule has 0 spiro atoms. The van der Waals surface area contributed by atoms with Crippen LogP contribution >= 0.6 is 11.6 Å². The zero-order chi connectivity index (χ0) is 15.9. The number of nitrogens with one attached hydrogen (secondary N) is 1. The van der Waals surface area contributed by atoms with Crippen LogP contribution in [0, 0.1) is 11.8 Å². The van der Waals surface area contributed by atoms with E-state index in [4.69, 9.17) is 16.3 Å².